The highest BCUT2D eigenvalue weighted by atomic mass is 16.5. The predicted octanol–water partition coefficient (Wildman–Crippen LogP) is 1.00. The molecule has 0 amide bonds. The molecule has 0 bridgehead atoms. The van der Waals surface area contributed by atoms with Gasteiger partial charge in [0.15, 0.2) is 6.73 Å². The second-order valence-corrected chi connectivity index (χ2v) is 4.25. The number of ether oxygens (including phenoxy) is 1. The summed E-state index contributed by atoms with van der Waals surface area (Å²) in [7, 11) is 0. The molecule has 1 heterocycles. The summed E-state index contributed by atoms with van der Waals surface area (Å²) in [5, 5.41) is 3.94. The SMILES string of the molecule is CC(C)[C@H](N)C(C)C(=O)OCn1cccn1. The first-order valence-corrected chi connectivity index (χ1v) is 5.42. The Morgan fingerprint density at radius 3 is 2.69 bits per heavy atom. The number of carbonyl (C=O) groups is 1. The summed E-state index contributed by atoms with van der Waals surface area (Å²) in [6, 6.07) is 1.60. The molecule has 1 aromatic heterocycles. The van der Waals surface area contributed by atoms with Gasteiger partial charge in [-0.2, -0.15) is 5.10 Å². The van der Waals surface area contributed by atoms with Crippen LogP contribution in [0.1, 0.15) is 20.8 Å². The van der Waals surface area contributed by atoms with Crippen LogP contribution in [0.2, 0.25) is 0 Å². The lowest BCUT2D eigenvalue weighted by atomic mass is 9.93. The molecule has 5 heteroatoms. The van der Waals surface area contributed by atoms with Crippen LogP contribution < -0.4 is 5.73 Å². The summed E-state index contributed by atoms with van der Waals surface area (Å²) < 4.78 is 6.65. The molecular formula is C11H19N3O2. The normalized spacial score (nSPS) is 14.8. The molecule has 0 aromatic carbocycles. The van der Waals surface area contributed by atoms with Gasteiger partial charge >= 0.3 is 5.97 Å². The van der Waals surface area contributed by atoms with Gasteiger partial charge in [0.25, 0.3) is 0 Å². The molecule has 0 aliphatic rings. The van der Waals surface area contributed by atoms with Gasteiger partial charge < -0.3 is 10.5 Å². The van der Waals surface area contributed by atoms with E-state index in [0.717, 1.165) is 0 Å². The van der Waals surface area contributed by atoms with Crippen LogP contribution in [0.4, 0.5) is 0 Å². The highest BCUT2D eigenvalue weighted by molar-refractivity contribution is 5.72. The molecule has 2 atom stereocenters. The van der Waals surface area contributed by atoms with Crippen molar-refractivity contribution >= 4 is 5.97 Å². The average molecular weight is 225 g/mol. The highest BCUT2D eigenvalue weighted by Crippen LogP contribution is 2.11. The summed E-state index contributed by atoms with van der Waals surface area (Å²) in [6.45, 7) is 5.90. The van der Waals surface area contributed by atoms with Crippen LogP contribution in [0.25, 0.3) is 0 Å². The first kappa shape index (κ1) is 12.7. The van der Waals surface area contributed by atoms with E-state index in [4.69, 9.17) is 10.5 Å². The van der Waals surface area contributed by atoms with Gasteiger partial charge in [-0.3, -0.25) is 4.79 Å². The fourth-order valence-corrected chi connectivity index (χ4v) is 1.37. The van der Waals surface area contributed by atoms with Gasteiger partial charge in [0.2, 0.25) is 0 Å². The van der Waals surface area contributed by atoms with Crippen molar-refractivity contribution in [2.45, 2.75) is 33.5 Å². The molecule has 0 aliphatic carbocycles. The Kier molecular flexibility index (Phi) is 4.49. The van der Waals surface area contributed by atoms with Gasteiger partial charge in [-0.1, -0.05) is 20.8 Å². The molecule has 1 rings (SSSR count). The molecule has 16 heavy (non-hydrogen) atoms. The minimum atomic E-state index is -0.296. The molecule has 0 saturated carbocycles. The summed E-state index contributed by atoms with van der Waals surface area (Å²) in [5.74, 6) is -0.320. The number of nitrogens with two attached hydrogens (primary N) is 1. The topological polar surface area (TPSA) is 70.1 Å². The summed E-state index contributed by atoms with van der Waals surface area (Å²) in [5.41, 5.74) is 5.89. The number of hydrogen-bond acceptors (Lipinski definition) is 4. The Labute approximate surface area is 95.6 Å². The van der Waals surface area contributed by atoms with Gasteiger partial charge in [0.1, 0.15) is 0 Å². The smallest absolute Gasteiger partial charge is 0.312 e. The quantitative estimate of drug-likeness (QED) is 0.759. The molecule has 0 radical (unpaired) electrons. The standard InChI is InChI=1S/C11H19N3O2/c1-8(2)10(12)9(3)11(15)16-7-14-6-4-5-13-14/h4-6,8-10H,7,12H2,1-3H3/t9?,10-/m0/s1. The molecule has 5 nitrogen and oxygen atoms in total. The van der Waals surface area contributed by atoms with Crippen molar-refractivity contribution in [3.05, 3.63) is 18.5 Å². The van der Waals surface area contributed by atoms with Crippen LogP contribution in [0.5, 0.6) is 0 Å². The first-order chi connectivity index (χ1) is 7.52. The van der Waals surface area contributed by atoms with Gasteiger partial charge in [-0.05, 0) is 12.0 Å². The van der Waals surface area contributed by atoms with Crippen molar-refractivity contribution in [1.29, 1.82) is 0 Å². The number of carbonyl (C=O) groups excluding carboxylic acids is 1. The third-order valence-corrected chi connectivity index (χ3v) is 2.62. The molecule has 0 saturated heterocycles. The van der Waals surface area contributed by atoms with Gasteiger partial charge in [-0.15, -0.1) is 0 Å². The number of rotatable bonds is 5. The molecule has 1 aromatic rings. The zero-order valence-corrected chi connectivity index (χ0v) is 9.96. The van der Waals surface area contributed by atoms with E-state index in [9.17, 15) is 4.79 Å². The lowest BCUT2D eigenvalue weighted by Gasteiger charge is -2.21. The second kappa shape index (κ2) is 5.65. The Morgan fingerprint density at radius 2 is 2.19 bits per heavy atom. The van der Waals surface area contributed by atoms with Crippen LogP contribution in [-0.2, 0) is 16.3 Å². The highest BCUT2D eigenvalue weighted by Gasteiger charge is 2.24. The van der Waals surface area contributed by atoms with Crippen LogP contribution >= 0.6 is 0 Å². The summed E-state index contributed by atoms with van der Waals surface area (Å²) in [6.07, 6.45) is 3.37. The number of nitrogens with zero attached hydrogens (tertiary/aromatic N) is 2. The number of esters is 1. The fraction of sp³-hybridized carbons (Fsp3) is 0.636. The van der Waals surface area contributed by atoms with E-state index < -0.39 is 0 Å². The van der Waals surface area contributed by atoms with E-state index in [0.29, 0.717) is 0 Å². The van der Waals surface area contributed by atoms with Crippen LogP contribution in [0, 0.1) is 11.8 Å². The zero-order chi connectivity index (χ0) is 12.1. The second-order valence-electron chi connectivity index (χ2n) is 4.25. The largest absolute Gasteiger partial charge is 0.442 e. The fourth-order valence-electron chi connectivity index (χ4n) is 1.37. The minimum absolute atomic E-state index is 0.140. The van der Waals surface area contributed by atoms with Crippen molar-refractivity contribution < 1.29 is 9.53 Å². The molecule has 0 spiro atoms. The van der Waals surface area contributed by atoms with Crippen LogP contribution in [0.15, 0.2) is 18.5 Å². The third-order valence-electron chi connectivity index (χ3n) is 2.62. The lowest BCUT2D eigenvalue weighted by molar-refractivity contribution is -0.153. The van der Waals surface area contributed by atoms with Crippen molar-refractivity contribution in [3.63, 3.8) is 0 Å². The summed E-state index contributed by atoms with van der Waals surface area (Å²) >= 11 is 0. The Bertz CT molecular complexity index is 322. The van der Waals surface area contributed by atoms with Crippen molar-refractivity contribution in [2.75, 3.05) is 0 Å². The van der Waals surface area contributed by atoms with Crippen LogP contribution in [-0.4, -0.2) is 21.8 Å². The Morgan fingerprint density at radius 1 is 1.50 bits per heavy atom. The van der Waals surface area contributed by atoms with E-state index in [1.165, 1.54) is 0 Å². The zero-order valence-electron chi connectivity index (χ0n) is 9.96. The molecule has 1 unspecified atom stereocenters. The van der Waals surface area contributed by atoms with Gasteiger partial charge in [0.05, 0.1) is 5.92 Å². The maximum atomic E-state index is 11.6. The molecular weight excluding hydrogens is 206 g/mol. The van der Waals surface area contributed by atoms with E-state index in [2.05, 4.69) is 5.10 Å². The van der Waals surface area contributed by atoms with Gasteiger partial charge in [0, 0.05) is 18.4 Å². The number of aromatic nitrogens is 2. The van der Waals surface area contributed by atoms with E-state index in [1.54, 1.807) is 30.1 Å². The monoisotopic (exact) mass is 225 g/mol. The Balaban J connectivity index is 2.40. The van der Waals surface area contributed by atoms with Crippen molar-refractivity contribution in [3.8, 4) is 0 Å². The third kappa shape index (κ3) is 3.34. The molecule has 2 N–H and O–H groups in total. The average Bonchev–Trinajstić information content (AvgIpc) is 2.76. The molecule has 0 aliphatic heterocycles. The lowest BCUT2D eigenvalue weighted by Crippen LogP contribution is -2.38. The first-order valence-electron chi connectivity index (χ1n) is 5.42. The minimum Gasteiger partial charge on any atom is -0.442 e. The summed E-state index contributed by atoms with van der Waals surface area (Å²) in [4.78, 5) is 11.6. The van der Waals surface area contributed by atoms with E-state index in [1.807, 2.05) is 13.8 Å². The van der Waals surface area contributed by atoms with Gasteiger partial charge in [-0.25, -0.2) is 4.68 Å². The maximum absolute atomic E-state index is 11.6. The maximum Gasteiger partial charge on any atom is 0.312 e. The van der Waals surface area contributed by atoms with Crippen molar-refractivity contribution in [1.82, 2.24) is 9.78 Å². The number of hydrogen-bond donors (Lipinski definition) is 1. The predicted molar refractivity (Wildman–Crippen MR) is 60.3 cm³/mol. The van der Waals surface area contributed by atoms with E-state index in [-0.39, 0.29) is 30.6 Å². The Hall–Kier alpha value is -1.36. The molecule has 0 fully saturated rings. The van der Waals surface area contributed by atoms with Crippen LogP contribution in [0.3, 0.4) is 0 Å². The molecule has 90 valence electrons. The van der Waals surface area contributed by atoms with E-state index >= 15 is 0 Å². The van der Waals surface area contributed by atoms with Crippen molar-refractivity contribution in [2.24, 2.45) is 17.6 Å².